The molecule has 1 N–H and O–H groups in total. The molecule has 0 atom stereocenters. The molecule has 19 heavy (non-hydrogen) atoms. The number of benzene rings is 1. The second-order valence-corrected chi connectivity index (χ2v) is 7.06. The summed E-state index contributed by atoms with van der Waals surface area (Å²) in [7, 11) is -2.06. The van der Waals surface area contributed by atoms with Gasteiger partial charge in [0.1, 0.15) is 0 Å². The standard InChI is InChI=1S/C13H17NO4S/c1-9-3-6-11(7-12(9)13(15)16)19(17,18)14(2)8-10-4-5-10/h3,6-7,10H,4-5,8H2,1-2H3,(H,15,16). The van der Waals surface area contributed by atoms with Gasteiger partial charge in [0.05, 0.1) is 10.5 Å². The molecule has 1 aliphatic rings. The fourth-order valence-electron chi connectivity index (χ4n) is 1.93. The largest absolute Gasteiger partial charge is 0.478 e. The van der Waals surface area contributed by atoms with E-state index in [1.165, 1.54) is 29.6 Å². The zero-order valence-electron chi connectivity index (χ0n) is 11.0. The Hall–Kier alpha value is -1.40. The quantitative estimate of drug-likeness (QED) is 0.893. The molecule has 0 heterocycles. The Balaban J connectivity index is 2.34. The van der Waals surface area contributed by atoms with Crippen molar-refractivity contribution in [3.63, 3.8) is 0 Å². The van der Waals surface area contributed by atoms with Crippen LogP contribution in [0.2, 0.25) is 0 Å². The zero-order valence-corrected chi connectivity index (χ0v) is 11.8. The molecule has 0 aromatic heterocycles. The number of carboxylic acid groups (broad SMARTS) is 1. The van der Waals surface area contributed by atoms with E-state index in [4.69, 9.17) is 5.11 Å². The summed E-state index contributed by atoms with van der Waals surface area (Å²) < 4.78 is 25.9. The molecule has 1 aromatic rings. The fourth-order valence-corrected chi connectivity index (χ4v) is 3.21. The number of hydrogen-bond donors (Lipinski definition) is 1. The zero-order chi connectivity index (χ0) is 14.2. The van der Waals surface area contributed by atoms with Gasteiger partial charge in [-0.05, 0) is 43.4 Å². The highest BCUT2D eigenvalue weighted by atomic mass is 32.2. The van der Waals surface area contributed by atoms with Gasteiger partial charge in [-0.15, -0.1) is 0 Å². The van der Waals surface area contributed by atoms with Crippen molar-refractivity contribution in [3.8, 4) is 0 Å². The van der Waals surface area contributed by atoms with Crippen LogP contribution in [-0.4, -0.2) is 37.4 Å². The molecule has 1 aliphatic carbocycles. The highest BCUT2D eigenvalue weighted by Crippen LogP contribution is 2.31. The van der Waals surface area contributed by atoms with Crippen molar-refractivity contribution in [2.24, 2.45) is 5.92 Å². The van der Waals surface area contributed by atoms with Crippen LogP contribution in [0.3, 0.4) is 0 Å². The first-order valence-electron chi connectivity index (χ1n) is 6.12. The monoisotopic (exact) mass is 283 g/mol. The second kappa shape index (κ2) is 4.94. The molecule has 1 aromatic carbocycles. The van der Waals surface area contributed by atoms with Gasteiger partial charge < -0.3 is 5.11 Å². The van der Waals surface area contributed by atoms with E-state index in [0.717, 1.165) is 12.8 Å². The van der Waals surface area contributed by atoms with Gasteiger partial charge in [0.25, 0.3) is 0 Å². The van der Waals surface area contributed by atoms with E-state index < -0.39 is 16.0 Å². The second-order valence-electron chi connectivity index (χ2n) is 5.01. The molecule has 104 valence electrons. The van der Waals surface area contributed by atoms with E-state index in [0.29, 0.717) is 18.0 Å². The van der Waals surface area contributed by atoms with Crippen LogP contribution in [0.5, 0.6) is 0 Å². The fraction of sp³-hybridized carbons (Fsp3) is 0.462. The van der Waals surface area contributed by atoms with Crippen LogP contribution in [0.15, 0.2) is 23.1 Å². The van der Waals surface area contributed by atoms with Crippen LogP contribution in [0.1, 0.15) is 28.8 Å². The molecule has 0 amide bonds. The molecule has 0 spiro atoms. The van der Waals surface area contributed by atoms with Gasteiger partial charge in [-0.25, -0.2) is 17.5 Å². The summed E-state index contributed by atoms with van der Waals surface area (Å²) >= 11 is 0. The molecular weight excluding hydrogens is 266 g/mol. The van der Waals surface area contributed by atoms with Crippen molar-refractivity contribution >= 4 is 16.0 Å². The number of sulfonamides is 1. The Morgan fingerprint density at radius 2 is 2.05 bits per heavy atom. The minimum atomic E-state index is -3.60. The van der Waals surface area contributed by atoms with Crippen molar-refractivity contribution in [1.82, 2.24) is 4.31 Å². The minimum absolute atomic E-state index is 0.0286. The van der Waals surface area contributed by atoms with Crippen molar-refractivity contribution in [2.45, 2.75) is 24.7 Å². The van der Waals surface area contributed by atoms with E-state index in [1.54, 1.807) is 6.92 Å². The molecule has 6 heteroatoms. The van der Waals surface area contributed by atoms with Gasteiger partial charge in [-0.1, -0.05) is 6.07 Å². The Bertz CT molecular complexity index is 605. The third kappa shape index (κ3) is 2.96. The molecular formula is C13H17NO4S. The van der Waals surface area contributed by atoms with E-state index in [9.17, 15) is 13.2 Å². The van der Waals surface area contributed by atoms with Crippen molar-refractivity contribution in [1.29, 1.82) is 0 Å². The van der Waals surface area contributed by atoms with Gasteiger partial charge in [-0.3, -0.25) is 0 Å². The SMILES string of the molecule is Cc1ccc(S(=O)(=O)N(C)CC2CC2)cc1C(=O)O. The van der Waals surface area contributed by atoms with E-state index in [1.807, 2.05) is 0 Å². The molecule has 1 fully saturated rings. The maximum Gasteiger partial charge on any atom is 0.335 e. The maximum atomic E-state index is 12.3. The molecule has 0 aliphatic heterocycles. The highest BCUT2D eigenvalue weighted by Gasteiger charge is 2.29. The number of rotatable bonds is 5. The first kappa shape index (κ1) is 14.0. The normalized spacial score (nSPS) is 15.7. The number of carboxylic acids is 1. The Labute approximate surface area is 112 Å². The molecule has 5 nitrogen and oxygen atoms in total. The van der Waals surface area contributed by atoms with E-state index in [-0.39, 0.29) is 10.5 Å². The average molecular weight is 283 g/mol. The maximum absolute atomic E-state index is 12.3. The van der Waals surface area contributed by atoms with Crippen LogP contribution < -0.4 is 0 Å². The first-order valence-corrected chi connectivity index (χ1v) is 7.56. The molecule has 1 saturated carbocycles. The summed E-state index contributed by atoms with van der Waals surface area (Å²) in [4.78, 5) is 11.1. The third-order valence-corrected chi connectivity index (χ3v) is 5.18. The number of carbonyl (C=O) groups is 1. The smallest absolute Gasteiger partial charge is 0.335 e. The van der Waals surface area contributed by atoms with Crippen molar-refractivity contribution in [2.75, 3.05) is 13.6 Å². The predicted molar refractivity (Wildman–Crippen MR) is 70.7 cm³/mol. The lowest BCUT2D eigenvalue weighted by Crippen LogP contribution is -2.29. The highest BCUT2D eigenvalue weighted by molar-refractivity contribution is 7.89. The van der Waals surface area contributed by atoms with Crippen molar-refractivity contribution < 1.29 is 18.3 Å². The lowest BCUT2D eigenvalue weighted by atomic mass is 10.1. The van der Waals surface area contributed by atoms with Crippen LogP contribution in [0, 0.1) is 12.8 Å². The number of aryl methyl sites for hydroxylation is 1. The minimum Gasteiger partial charge on any atom is -0.478 e. The first-order chi connectivity index (χ1) is 8.82. The Morgan fingerprint density at radius 3 is 2.58 bits per heavy atom. The molecule has 0 radical (unpaired) electrons. The molecule has 2 rings (SSSR count). The van der Waals surface area contributed by atoms with Crippen LogP contribution in [0.25, 0.3) is 0 Å². The van der Waals surface area contributed by atoms with E-state index in [2.05, 4.69) is 0 Å². The average Bonchev–Trinajstić information content (AvgIpc) is 3.12. The summed E-state index contributed by atoms with van der Waals surface area (Å²) in [6, 6.07) is 4.22. The van der Waals surface area contributed by atoms with Gasteiger partial charge in [-0.2, -0.15) is 0 Å². The Morgan fingerprint density at radius 1 is 1.42 bits per heavy atom. The van der Waals surface area contributed by atoms with Crippen LogP contribution in [-0.2, 0) is 10.0 Å². The number of nitrogens with zero attached hydrogens (tertiary/aromatic N) is 1. The number of hydrogen-bond acceptors (Lipinski definition) is 3. The van der Waals surface area contributed by atoms with Gasteiger partial charge in [0, 0.05) is 13.6 Å². The summed E-state index contributed by atoms with van der Waals surface area (Å²) in [6.45, 7) is 2.15. The van der Waals surface area contributed by atoms with Gasteiger partial charge >= 0.3 is 5.97 Å². The lowest BCUT2D eigenvalue weighted by molar-refractivity contribution is 0.0696. The van der Waals surface area contributed by atoms with Gasteiger partial charge in [0.15, 0.2) is 0 Å². The molecule has 0 unspecified atom stereocenters. The summed E-state index contributed by atoms with van der Waals surface area (Å²) in [5.41, 5.74) is 0.581. The summed E-state index contributed by atoms with van der Waals surface area (Å²) in [6.07, 6.45) is 2.13. The third-order valence-electron chi connectivity index (χ3n) is 3.36. The number of aromatic carboxylic acids is 1. The summed E-state index contributed by atoms with van der Waals surface area (Å²) in [5.74, 6) is -0.663. The molecule has 0 bridgehead atoms. The van der Waals surface area contributed by atoms with Crippen molar-refractivity contribution in [3.05, 3.63) is 29.3 Å². The molecule has 0 saturated heterocycles. The van der Waals surface area contributed by atoms with E-state index >= 15 is 0 Å². The van der Waals surface area contributed by atoms with Crippen LogP contribution in [0.4, 0.5) is 0 Å². The predicted octanol–water partition coefficient (Wildman–Crippen LogP) is 1.72. The summed E-state index contributed by atoms with van der Waals surface area (Å²) in [5, 5.41) is 9.04. The lowest BCUT2D eigenvalue weighted by Gasteiger charge is -2.17. The van der Waals surface area contributed by atoms with Gasteiger partial charge in [0.2, 0.25) is 10.0 Å². The topological polar surface area (TPSA) is 74.7 Å². The Kier molecular flexibility index (Phi) is 3.64. The van der Waals surface area contributed by atoms with Crippen LogP contribution >= 0.6 is 0 Å².